The lowest BCUT2D eigenvalue weighted by Crippen LogP contribution is -2.33. The summed E-state index contributed by atoms with van der Waals surface area (Å²) >= 11 is 0. The molecular weight excluding hydrogens is 191 g/mol. The van der Waals surface area contributed by atoms with Crippen LogP contribution in [0.2, 0.25) is 0 Å². The van der Waals surface area contributed by atoms with Crippen molar-refractivity contribution in [3.8, 4) is 0 Å². The Kier molecular flexibility index (Phi) is 3.03. The van der Waals surface area contributed by atoms with Crippen LogP contribution in [0, 0.1) is 5.82 Å². The van der Waals surface area contributed by atoms with Crippen molar-refractivity contribution in [2.45, 2.75) is 18.9 Å². The molecule has 1 heterocycles. The van der Waals surface area contributed by atoms with Crippen LogP contribution in [0.15, 0.2) is 18.2 Å². The van der Waals surface area contributed by atoms with Gasteiger partial charge in [0, 0.05) is 12.6 Å². The molecule has 0 amide bonds. The SMILES string of the molecule is CN1CCc2c(F)cccc2C1CCN. The van der Waals surface area contributed by atoms with Gasteiger partial charge in [-0.1, -0.05) is 12.1 Å². The summed E-state index contributed by atoms with van der Waals surface area (Å²) in [5.41, 5.74) is 7.60. The molecule has 2 rings (SSSR count). The molecule has 1 aliphatic rings. The zero-order valence-corrected chi connectivity index (χ0v) is 9.04. The van der Waals surface area contributed by atoms with Crippen LogP contribution in [0.25, 0.3) is 0 Å². The van der Waals surface area contributed by atoms with Crippen LogP contribution in [0.1, 0.15) is 23.6 Å². The van der Waals surface area contributed by atoms with E-state index in [-0.39, 0.29) is 11.9 Å². The monoisotopic (exact) mass is 208 g/mol. The molecule has 15 heavy (non-hydrogen) atoms. The molecule has 1 atom stereocenters. The van der Waals surface area contributed by atoms with Gasteiger partial charge < -0.3 is 5.73 Å². The van der Waals surface area contributed by atoms with Crippen LogP contribution in [0.4, 0.5) is 4.39 Å². The zero-order chi connectivity index (χ0) is 10.8. The van der Waals surface area contributed by atoms with Gasteiger partial charge in [0.2, 0.25) is 0 Å². The minimum absolute atomic E-state index is 0.0670. The van der Waals surface area contributed by atoms with Crippen LogP contribution in [0.3, 0.4) is 0 Å². The Morgan fingerprint density at radius 2 is 2.33 bits per heavy atom. The number of hydrogen-bond acceptors (Lipinski definition) is 2. The number of rotatable bonds is 2. The Hall–Kier alpha value is -0.930. The Labute approximate surface area is 89.9 Å². The Morgan fingerprint density at radius 1 is 1.53 bits per heavy atom. The van der Waals surface area contributed by atoms with Crippen molar-refractivity contribution in [2.75, 3.05) is 20.1 Å². The summed E-state index contributed by atoms with van der Waals surface area (Å²) in [5, 5.41) is 0. The number of benzene rings is 1. The maximum atomic E-state index is 13.6. The van der Waals surface area contributed by atoms with Gasteiger partial charge in [-0.3, -0.25) is 4.90 Å². The number of nitrogens with two attached hydrogens (primary N) is 1. The third-order valence-electron chi connectivity index (χ3n) is 3.20. The average Bonchev–Trinajstić information content (AvgIpc) is 2.23. The molecule has 0 radical (unpaired) electrons. The molecule has 0 saturated carbocycles. The highest BCUT2D eigenvalue weighted by Crippen LogP contribution is 2.31. The first-order chi connectivity index (χ1) is 7.24. The third-order valence-corrected chi connectivity index (χ3v) is 3.20. The van der Waals surface area contributed by atoms with E-state index in [1.165, 1.54) is 0 Å². The minimum atomic E-state index is -0.0670. The molecule has 1 aliphatic heterocycles. The van der Waals surface area contributed by atoms with Crippen LogP contribution in [-0.2, 0) is 6.42 Å². The van der Waals surface area contributed by atoms with Gasteiger partial charge in [-0.15, -0.1) is 0 Å². The second kappa shape index (κ2) is 4.29. The molecule has 0 aliphatic carbocycles. The molecule has 2 N–H and O–H groups in total. The standard InChI is InChI=1S/C12H17FN2/c1-15-8-6-9-10(12(15)5-7-14)3-2-4-11(9)13/h2-4,12H,5-8,14H2,1H3. The summed E-state index contributed by atoms with van der Waals surface area (Å²) in [4.78, 5) is 2.26. The van der Waals surface area contributed by atoms with E-state index in [4.69, 9.17) is 5.73 Å². The Bertz CT molecular complexity index is 351. The number of halogens is 1. The van der Waals surface area contributed by atoms with Crippen molar-refractivity contribution >= 4 is 0 Å². The van der Waals surface area contributed by atoms with Crippen molar-refractivity contribution in [1.82, 2.24) is 4.90 Å². The molecular formula is C12H17FN2. The van der Waals surface area contributed by atoms with Crippen molar-refractivity contribution in [3.05, 3.63) is 35.1 Å². The lowest BCUT2D eigenvalue weighted by molar-refractivity contribution is 0.219. The van der Waals surface area contributed by atoms with E-state index in [2.05, 4.69) is 11.9 Å². The van der Waals surface area contributed by atoms with Gasteiger partial charge in [0.1, 0.15) is 5.82 Å². The molecule has 0 fully saturated rings. The largest absolute Gasteiger partial charge is 0.330 e. The van der Waals surface area contributed by atoms with Crippen molar-refractivity contribution < 1.29 is 4.39 Å². The van der Waals surface area contributed by atoms with E-state index in [1.807, 2.05) is 6.07 Å². The second-order valence-corrected chi connectivity index (χ2v) is 4.13. The van der Waals surface area contributed by atoms with E-state index in [0.29, 0.717) is 6.54 Å². The number of nitrogens with zero attached hydrogens (tertiary/aromatic N) is 1. The zero-order valence-electron chi connectivity index (χ0n) is 9.04. The maximum absolute atomic E-state index is 13.6. The van der Waals surface area contributed by atoms with Gasteiger partial charge in [-0.05, 0) is 43.6 Å². The molecule has 82 valence electrons. The van der Waals surface area contributed by atoms with Crippen LogP contribution >= 0.6 is 0 Å². The summed E-state index contributed by atoms with van der Waals surface area (Å²) in [6.45, 7) is 1.56. The second-order valence-electron chi connectivity index (χ2n) is 4.13. The number of likely N-dealkylation sites (N-methyl/N-ethyl adjacent to an activating group) is 1. The van der Waals surface area contributed by atoms with Gasteiger partial charge in [-0.2, -0.15) is 0 Å². The van der Waals surface area contributed by atoms with Crippen molar-refractivity contribution in [1.29, 1.82) is 0 Å². The summed E-state index contributed by atoms with van der Waals surface area (Å²) < 4.78 is 13.6. The first-order valence-electron chi connectivity index (χ1n) is 5.41. The molecule has 2 nitrogen and oxygen atoms in total. The average molecular weight is 208 g/mol. The van der Waals surface area contributed by atoms with E-state index < -0.39 is 0 Å². The number of hydrogen-bond donors (Lipinski definition) is 1. The molecule has 3 heteroatoms. The van der Waals surface area contributed by atoms with Gasteiger partial charge in [-0.25, -0.2) is 4.39 Å². The molecule has 1 aromatic rings. The predicted octanol–water partition coefficient (Wildman–Crippen LogP) is 1.70. The molecule has 0 aromatic heterocycles. The van der Waals surface area contributed by atoms with E-state index in [0.717, 1.165) is 30.5 Å². The van der Waals surface area contributed by atoms with Crippen LogP contribution in [0.5, 0.6) is 0 Å². The highest BCUT2D eigenvalue weighted by Gasteiger charge is 2.25. The maximum Gasteiger partial charge on any atom is 0.126 e. The normalized spacial score (nSPS) is 21.4. The lowest BCUT2D eigenvalue weighted by Gasteiger charge is -2.34. The highest BCUT2D eigenvalue weighted by atomic mass is 19.1. The van der Waals surface area contributed by atoms with Crippen LogP contribution in [-0.4, -0.2) is 25.0 Å². The Balaban J connectivity index is 2.39. The molecule has 1 unspecified atom stereocenters. The van der Waals surface area contributed by atoms with Gasteiger partial charge in [0.15, 0.2) is 0 Å². The quantitative estimate of drug-likeness (QED) is 0.801. The Morgan fingerprint density at radius 3 is 3.07 bits per heavy atom. The van der Waals surface area contributed by atoms with Gasteiger partial charge in [0.25, 0.3) is 0 Å². The molecule has 0 bridgehead atoms. The van der Waals surface area contributed by atoms with Crippen LogP contribution < -0.4 is 5.73 Å². The van der Waals surface area contributed by atoms with Gasteiger partial charge >= 0.3 is 0 Å². The highest BCUT2D eigenvalue weighted by molar-refractivity contribution is 5.33. The fourth-order valence-electron chi connectivity index (χ4n) is 2.37. The first kappa shape index (κ1) is 10.6. The molecule has 0 spiro atoms. The first-order valence-corrected chi connectivity index (χ1v) is 5.41. The summed E-state index contributed by atoms with van der Waals surface area (Å²) in [6.07, 6.45) is 1.70. The van der Waals surface area contributed by atoms with E-state index in [1.54, 1.807) is 12.1 Å². The third kappa shape index (κ3) is 1.90. The molecule has 1 aromatic carbocycles. The van der Waals surface area contributed by atoms with Crippen molar-refractivity contribution in [2.24, 2.45) is 5.73 Å². The van der Waals surface area contributed by atoms with E-state index >= 15 is 0 Å². The van der Waals surface area contributed by atoms with E-state index in [9.17, 15) is 4.39 Å². The fraction of sp³-hybridized carbons (Fsp3) is 0.500. The summed E-state index contributed by atoms with van der Waals surface area (Å²) in [6, 6.07) is 5.64. The topological polar surface area (TPSA) is 29.3 Å². The number of fused-ring (bicyclic) bond motifs is 1. The summed E-state index contributed by atoms with van der Waals surface area (Å²) in [7, 11) is 2.08. The van der Waals surface area contributed by atoms with Gasteiger partial charge in [0.05, 0.1) is 0 Å². The summed E-state index contributed by atoms with van der Waals surface area (Å²) in [5.74, 6) is -0.0670. The predicted molar refractivity (Wildman–Crippen MR) is 59.1 cm³/mol. The molecule has 0 saturated heterocycles. The smallest absolute Gasteiger partial charge is 0.126 e. The minimum Gasteiger partial charge on any atom is -0.330 e. The fourth-order valence-corrected chi connectivity index (χ4v) is 2.37. The lowest BCUT2D eigenvalue weighted by atomic mass is 9.91. The van der Waals surface area contributed by atoms with Crippen molar-refractivity contribution in [3.63, 3.8) is 0 Å².